The van der Waals surface area contributed by atoms with E-state index in [0.717, 1.165) is 35.9 Å². The minimum absolute atomic E-state index is 0.0442. The summed E-state index contributed by atoms with van der Waals surface area (Å²) in [6.07, 6.45) is 6.20. The van der Waals surface area contributed by atoms with Crippen LogP contribution in [0.15, 0.2) is 97.1 Å². The van der Waals surface area contributed by atoms with E-state index >= 15 is 0 Å². The highest BCUT2D eigenvalue weighted by Crippen LogP contribution is 2.44. The van der Waals surface area contributed by atoms with E-state index in [2.05, 4.69) is 109 Å². The summed E-state index contributed by atoms with van der Waals surface area (Å²) in [6, 6.07) is 32.5. The summed E-state index contributed by atoms with van der Waals surface area (Å²) in [5.41, 5.74) is 1.08. The van der Waals surface area contributed by atoms with Gasteiger partial charge in [0.1, 0.15) is 5.75 Å². The van der Waals surface area contributed by atoms with Gasteiger partial charge in [0, 0.05) is 32.3 Å². The summed E-state index contributed by atoms with van der Waals surface area (Å²) in [5.74, 6) is 0.0556. The second-order valence-electron chi connectivity index (χ2n) is 17.3. The van der Waals surface area contributed by atoms with Gasteiger partial charge in [0.15, 0.2) is 19.9 Å². The number of rotatable bonds is 22. The molecule has 6 atom stereocenters. The predicted molar refractivity (Wildman–Crippen MR) is 238 cm³/mol. The summed E-state index contributed by atoms with van der Waals surface area (Å²) in [6.45, 7) is 17.2. The van der Waals surface area contributed by atoms with Crippen LogP contribution in [0.5, 0.6) is 5.75 Å². The third kappa shape index (κ3) is 11.1. The predicted octanol–water partition coefficient (Wildman–Crippen LogP) is 9.40. The highest BCUT2D eigenvalue weighted by Gasteiger charge is 2.54. The van der Waals surface area contributed by atoms with E-state index in [0.29, 0.717) is 45.5 Å². The van der Waals surface area contributed by atoms with Gasteiger partial charge in [-0.2, -0.15) is 0 Å². The second kappa shape index (κ2) is 21.0. The fraction of sp³-hybridized carbons (Fsp3) is 0.562. The molecule has 3 aromatic rings. The van der Waals surface area contributed by atoms with Crippen molar-refractivity contribution in [3.63, 3.8) is 0 Å². The van der Waals surface area contributed by atoms with Gasteiger partial charge in [-0.05, 0) is 70.2 Å². The molecule has 0 spiro atoms. The largest absolute Gasteiger partial charge is 0.497 e. The van der Waals surface area contributed by atoms with Gasteiger partial charge >= 0.3 is 0 Å². The topological polar surface area (TPSA) is 81.7 Å². The first-order valence-electron chi connectivity index (χ1n) is 21.6. The van der Waals surface area contributed by atoms with E-state index in [-0.39, 0.29) is 41.2 Å². The van der Waals surface area contributed by atoms with Crippen LogP contribution in [0, 0.1) is 5.92 Å². The first-order valence-corrected chi connectivity index (χ1v) is 26.0. The maximum Gasteiger partial charge on any atom is 0.261 e. The highest BCUT2D eigenvalue weighted by molar-refractivity contribution is 6.99. The van der Waals surface area contributed by atoms with Gasteiger partial charge in [-0.3, -0.25) is 4.79 Å². The Kier molecular flexibility index (Phi) is 16.7. The number of hydrogen-bond acceptors (Lipinski definition) is 8. The Hall–Kier alpha value is -2.94. The molecule has 0 bridgehead atoms. The maximum absolute atomic E-state index is 13.4. The van der Waals surface area contributed by atoms with Gasteiger partial charge < -0.3 is 32.5 Å². The molecule has 318 valence electrons. The number of ether oxygens (including phenoxy) is 5. The van der Waals surface area contributed by atoms with Crippen LogP contribution in [0.2, 0.25) is 23.2 Å². The molecule has 0 aromatic heterocycles. The van der Waals surface area contributed by atoms with Crippen LogP contribution in [-0.4, -0.2) is 80.1 Å². The van der Waals surface area contributed by atoms with E-state index in [1.54, 1.807) is 20.3 Å². The number of ketones is 1. The molecule has 5 rings (SSSR count). The van der Waals surface area contributed by atoms with Crippen LogP contribution in [-0.2, 0) is 39.2 Å². The zero-order valence-corrected chi connectivity index (χ0v) is 38.7. The lowest BCUT2D eigenvalue weighted by molar-refractivity contribution is -0.307. The van der Waals surface area contributed by atoms with Crippen molar-refractivity contribution in [2.24, 2.45) is 5.92 Å². The average molecular weight is 831 g/mol. The standard InChI is InChI=1S/C48H70O8Si2/c1-10-57(11-2,12-3)56-41(35-52-34-38-26-28-40(50-8)29-27-38)21-19-20-39(49)30-31-48(51-9)37(4)32-45-46(55-48)33-42(54-45)36-53-58(47(5,6)7,43-22-15-13-16-23-43)44-24-17-14-18-25-44/h13-20,22-29,37,41-42,45-46H,10-12,21,30-36H2,1-9H3/b20-19-/t37-,41-,42+,45-,46-,48+/m0/s1. The molecule has 3 aromatic carbocycles. The number of fused-ring (bicyclic) bond motifs is 1. The molecule has 58 heavy (non-hydrogen) atoms. The molecule has 0 radical (unpaired) electrons. The van der Waals surface area contributed by atoms with E-state index in [4.69, 9.17) is 32.5 Å². The number of hydrogen-bond donors (Lipinski definition) is 0. The lowest BCUT2D eigenvalue weighted by Crippen LogP contribution is -2.67. The van der Waals surface area contributed by atoms with Gasteiger partial charge in [-0.15, -0.1) is 0 Å². The molecule has 0 amide bonds. The Bertz CT molecular complexity index is 1660. The first kappa shape index (κ1) is 46.1. The Morgan fingerprint density at radius 3 is 2.05 bits per heavy atom. The van der Waals surface area contributed by atoms with Gasteiger partial charge in [0.2, 0.25) is 0 Å². The smallest absolute Gasteiger partial charge is 0.261 e. The normalized spacial score (nSPS) is 23.2. The average Bonchev–Trinajstić information content (AvgIpc) is 3.63. The quantitative estimate of drug-likeness (QED) is 0.0733. The molecule has 2 saturated heterocycles. The van der Waals surface area contributed by atoms with Crippen LogP contribution in [0.25, 0.3) is 0 Å². The summed E-state index contributed by atoms with van der Waals surface area (Å²) >= 11 is 0. The van der Waals surface area contributed by atoms with Crippen LogP contribution >= 0.6 is 0 Å². The van der Waals surface area contributed by atoms with E-state index in [1.165, 1.54) is 10.4 Å². The fourth-order valence-electron chi connectivity index (χ4n) is 9.04. The van der Waals surface area contributed by atoms with Crippen molar-refractivity contribution in [1.29, 1.82) is 0 Å². The van der Waals surface area contributed by atoms with Crippen LogP contribution in [0.4, 0.5) is 0 Å². The number of benzene rings is 3. The van der Waals surface area contributed by atoms with Gasteiger partial charge in [0.25, 0.3) is 8.32 Å². The van der Waals surface area contributed by atoms with E-state index in [9.17, 15) is 4.79 Å². The fourth-order valence-corrected chi connectivity index (χ4v) is 16.5. The molecule has 0 N–H and O–H groups in total. The molecule has 2 aliphatic rings. The molecule has 2 heterocycles. The third-order valence-electron chi connectivity index (χ3n) is 12.7. The van der Waals surface area contributed by atoms with Crippen molar-refractivity contribution >= 4 is 32.8 Å². The third-order valence-corrected chi connectivity index (χ3v) is 22.4. The summed E-state index contributed by atoms with van der Waals surface area (Å²) in [7, 11) is -1.23. The molecular formula is C48H70O8Si2. The zero-order valence-electron chi connectivity index (χ0n) is 36.7. The molecule has 2 aliphatic heterocycles. The molecule has 8 nitrogen and oxygen atoms in total. The minimum atomic E-state index is -2.71. The lowest BCUT2D eigenvalue weighted by Gasteiger charge is -2.45. The number of carbonyl (C=O) groups excluding carboxylic acids is 1. The van der Waals surface area contributed by atoms with Gasteiger partial charge in [0.05, 0.1) is 51.3 Å². The summed E-state index contributed by atoms with van der Waals surface area (Å²) in [4.78, 5) is 13.4. The van der Waals surface area contributed by atoms with Gasteiger partial charge in [-0.25, -0.2) is 0 Å². The Labute approximate surface area is 351 Å². The monoisotopic (exact) mass is 830 g/mol. The molecule has 2 fully saturated rings. The second-order valence-corrected chi connectivity index (χ2v) is 26.3. The van der Waals surface area contributed by atoms with Crippen molar-refractivity contribution in [3.05, 3.63) is 103 Å². The van der Waals surface area contributed by atoms with E-state index in [1.807, 2.05) is 30.3 Å². The number of allylic oxidation sites excluding steroid dienone is 1. The Balaban J connectivity index is 1.19. The van der Waals surface area contributed by atoms with Crippen molar-refractivity contribution in [2.45, 2.75) is 141 Å². The van der Waals surface area contributed by atoms with Crippen LogP contribution in [0.1, 0.15) is 86.1 Å². The summed E-state index contributed by atoms with van der Waals surface area (Å²) < 4.78 is 45.3. The van der Waals surface area contributed by atoms with Gasteiger partial charge in [-0.1, -0.05) is 127 Å². The van der Waals surface area contributed by atoms with Crippen LogP contribution in [0.3, 0.4) is 0 Å². The molecule has 0 unspecified atom stereocenters. The number of methoxy groups -OCH3 is 2. The Morgan fingerprint density at radius 2 is 1.50 bits per heavy atom. The number of carbonyl (C=O) groups is 1. The van der Waals surface area contributed by atoms with E-state index < -0.39 is 22.4 Å². The molecule has 0 aliphatic carbocycles. The minimum Gasteiger partial charge on any atom is -0.497 e. The zero-order chi connectivity index (χ0) is 41.8. The SMILES string of the molecule is CC[Si](CC)(CC)O[C@@H](C/C=C\C(=O)CC[C@@]1(OC)O[C@H]2C[C@H](CO[Si](c3ccccc3)(c3ccccc3)C(C)(C)C)O[C@H]2C[C@@H]1C)COCc1ccc(OC)cc1. The van der Waals surface area contributed by atoms with Crippen LogP contribution < -0.4 is 15.1 Å². The first-order chi connectivity index (χ1) is 27.9. The summed E-state index contributed by atoms with van der Waals surface area (Å²) in [5, 5.41) is 2.39. The van der Waals surface area contributed by atoms with Crippen molar-refractivity contribution < 1.29 is 37.3 Å². The molecule has 10 heteroatoms. The highest BCUT2D eigenvalue weighted by atomic mass is 28.4. The Morgan fingerprint density at radius 1 is 0.879 bits per heavy atom. The van der Waals surface area contributed by atoms with Crippen molar-refractivity contribution in [1.82, 2.24) is 0 Å². The molecular weight excluding hydrogens is 761 g/mol. The lowest BCUT2D eigenvalue weighted by atomic mass is 9.85. The maximum atomic E-state index is 13.4. The van der Waals surface area contributed by atoms with Crippen molar-refractivity contribution in [3.8, 4) is 5.75 Å². The van der Waals surface area contributed by atoms with Crippen molar-refractivity contribution in [2.75, 3.05) is 27.4 Å². The molecule has 0 saturated carbocycles.